The topological polar surface area (TPSA) is 134 Å². The van der Waals surface area contributed by atoms with Gasteiger partial charge in [-0.2, -0.15) is 0 Å². The van der Waals surface area contributed by atoms with Crippen molar-refractivity contribution in [3.05, 3.63) is 197 Å². The summed E-state index contributed by atoms with van der Waals surface area (Å²) >= 11 is 0. The highest BCUT2D eigenvalue weighted by Gasteiger charge is 2.23. The van der Waals surface area contributed by atoms with Crippen LogP contribution in [0.1, 0.15) is 102 Å². The zero-order valence-corrected chi connectivity index (χ0v) is 49.3. The Morgan fingerprint density at radius 2 is 1.07 bits per heavy atom. The molecule has 0 aliphatic heterocycles. The average molecular weight is 1100 g/mol. The Morgan fingerprint density at radius 1 is 0.561 bits per heavy atom. The van der Waals surface area contributed by atoms with Crippen LogP contribution in [0.3, 0.4) is 0 Å². The number of benzene rings is 7. The number of hydrogen-bond acceptors (Lipinski definition) is 8. The number of nitrogens with two attached hydrogens (primary N) is 1. The number of para-hydroxylation sites is 2. The molecule has 6 N–H and O–H groups in total. The first-order valence-electron chi connectivity index (χ1n) is 29.3. The van der Waals surface area contributed by atoms with E-state index in [1.54, 1.807) is 0 Å². The molecule has 82 heavy (non-hydrogen) atoms. The second-order valence-electron chi connectivity index (χ2n) is 22.2. The number of rotatable bonds is 25. The molecule has 422 valence electrons. The van der Waals surface area contributed by atoms with Crippen LogP contribution < -0.4 is 41.0 Å². The summed E-state index contributed by atoms with van der Waals surface area (Å²) in [7, 11) is 8.33. The van der Waals surface area contributed by atoms with Crippen LogP contribution in [0.25, 0.3) is 38.9 Å². The van der Waals surface area contributed by atoms with Gasteiger partial charge in [0.2, 0.25) is 16.7 Å². The van der Waals surface area contributed by atoms with Crippen LogP contribution >= 0.6 is 0 Å². The molecule has 0 radical (unpaired) electrons. The third-order valence-electron chi connectivity index (χ3n) is 15.4. The molecule has 1 aromatic heterocycles. The molecular weight excluding hydrogens is 1010 g/mol. The van der Waals surface area contributed by atoms with E-state index in [1.807, 2.05) is 54.6 Å². The van der Waals surface area contributed by atoms with Crippen LogP contribution in [-0.2, 0) is 0 Å². The Kier molecular flexibility index (Phi) is 19.6. The molecule has 12 heteroatoms. The summed E-state index contributed by atoms with van der Waals surface area (Å²) in [6.07, 6.45) is 13.4. The first-order valence-corrected chi connectivity index (χ1v) is 29.3. The van der Waals surface area contributed by atoms with E-state index in [0.717, 1.165) is 138 Å². The molecule has 9 rings (SSSR count). The molecule has 1 heterocycles. The number of quaternary nitrogens is 1. The Balaban J connectivity index is 0.647. The molecule has 1 aliphatic carbocycles. The minimum absolute atomic E-state index is 0.0632. The lowest BCUT2D eigenvalue weighted by atomic mass is 10.0. The van der Waals surface area contributed by atoms with Gasteiger partial charge in [-0.1, -0.05) is 92.4 Å². The lowest BCUT2D eigenvalue weighted by Gasteiger charge is -2.19. The maximum atomic E-state index is 13.1. The smallest absolute Gasteiger partial charge is 0.251 e. The van der Waals surface area contributed by atoms with Crippen molar-refractivity contribution in [2.24, 2.45) is 4.99 Å². The lowest BCUT2D eigenvalue weighted by molar-refractivity contribution is -0.538. The first-order chi connectivity index (χ1) is 39.8. The predicted octanol–water partition coefficient (Wildman–Crippen LogP) is 13.2. The Hall–Kier alpha value is -8.61. The molecule has 0 fully saturated rings. The van der Waals surface area contributed by atoms with Gasteiger partial charge in [0.25, 0.3) is 11.8 Å². The minimum Gasteiger partial charge on any atom is -0.385 e. The fourth-order valence-electron chi connectivity index (χ4n) is 10.9. The summed E-state index contributed by atoms with van der Waals surface area (Å²) < 4.78 is 2.33. The maximum Gasteiger partial charge on any atom is 0.251 e. The van der Waals surface area contributed by atoms with Gasteiger partial charge in [0.05, 0.1) is 0 Å². The van der Waals surface area contributed by atoms with Crippen LogP contribution in [0.4, 0.5) is 34.1 Å². The predicted molar refractivity (Wildman–Crippen MR) is 341 cm³/mol. The van der Waals surface area contributed by atoms with Gasteiger partial charge in [0.1, 0.15) is 22.4 Å². The maximum absolute atomic E-state index is 13.1. The molecule has 0 atom stereocenters. The second kappa shape index (κ2) is 27.7. The number of carbonyl (C=O) groups is 2. The number of aliphatic imine (C=N–C) groups is 1. The highest BCUT2D eigenvalue weighted by atomic mass is 16.2. The number of anilines is 3. The summed E-state index contributed by atoms with van der Waals surface area (Å²) in [4.78, 5) is 40.7. The lowest BCUT2D eigenvalue weighted by Crippen LogP contribution is -2.71. The third kappa shape index (κ3) is 14.8. The van der Waals surface area contributed by atoms with E-state index in [-0.39, 0.29) is 11.8 Å². The van der Waals surface area contributed by atoms with E-state index in [9.17, 15) is 9.59 Å². The molecule has 0 spiro atoms. The first kappa shape index (κ1) is 58.1. The van der Waals surface area contributed by atoms with Gasteiger partial charge in [-0.3, -0.25) is 14.9 Å². The average Bonchev–Trinajstić information content (AvgIpc) is 1.88. The van der Waals surface area contributed by atoms with Gasteiger partial charge in [0, 0.05) is 131 Å². The van der Waals surface area contributed by atoms with E-state index >= 15 is 0 Å². The number of aromatic nitrogens is 2. The summed E-state index contributed by atoms with van der Waals surface area (Å²) in [5, 5.41) is 15.8. The van der Waals surface area contributed by atoms with Gasteiger partial charge in [-0.05, 0) is 147 Å². The van der Waals surface area contributed by atoms with Gasteiger partial charge >= 0.3 is 0 Å². The molecule has 1 aliphatic rings. The van der Waals surface area contributed by atoms with Crippen molar-refractivity contribution in [3.63, 3.8) is 0 Å². The van der Waals surface area contributed by atoms with Crippen LogP contribution in [0.15, 0.2) is 174 Å². The van der Waals surface area contributed by atoms with Crippen LogP contribution in [0, 0.1) is 20.8 Å². The molecule has 12 nitrogen and oxygen atoms in total. The summed E-state index contributed by atoms with van der Waals surface area (Å²) in [5.41, 5.74) is 22.2. The fourth-order valence-corrected chi connectivity index (χ4v) is 10.9. The van der Waals surface area contributed by atoms with Crippen molar-refractivity contribution >= 4 is 73.7 Å². The molecule has 0 unspecified atom stereocenters. The number of nitrogens with zero attached hydrogens (tertiary/aromatic N) is 5. The number of carbonyl (C=O) groups excluding carboxylic acids is 2. The summed E-state index contributed by atoms with van der Waals surface area (Å²) in [6.45, 7) is 11.6. The normalized spacial score (nSPS) is 12.8. The minimum atomic E-state index is -0.0670. The Labute approximate surface area is 485 Å². The van der Waals surface area contributed by atoms with Crippen molar-refractivity contribution in [2.75, 3.05) is 69.5 Å². The molecule has 0 saturated heterocycles. The fraction of sp³-hybridized carbons (Fsp3) is 0.300. The van der Waals surface area contributed by atoms with E-state index < -0.39 is 0 Å². The summed E-state index contributed by atoms with van der Waals surface area (Å²) in [5.74, 6) is -0.130. The quantitative estimate of drug-likeness (QED) is 0.0167. The van der Waals surface area contributed by atoms with Crippen LogP contribution in [0.2, 0.25) is 0 Å². The molecule has 8 aromatic rings. The van der Waals surface area contributed by atoms with Gasteiger partial charge in [0.15, 0.2) is 5.69 Å². The highest BCUT2D eigenvalue weighted by molar-refractivity contribution is 6.01. The number of amides is 2. The Bertz CT molecular complexity index is 3610. The van der Waals surface area contributed by atoms with Gasteiger partial charge < -0.3 is 31.1 Å². The van der Waals surface area contributed by atoms with Crippen molar-refractivity contribution in [3.8, 4) is 16.8 Å². The number of unbranched alkanes of at least 4 members (excludes halogenated alkanes) is 6. The van der Waals surface area contributed by atoms with Crippen molar-refractivity contribution in [2.45, 2.75) is 85.5 Å². The highest BCUT2D eigenvalue weighted by Crippen LogP contribution is 2.33. The largest absolute Gasteiger partial charge is 0.385 e. The monoisotopic (exact) mass is 1090 g/mol. The number of hydrogen-bond donors (Lipinski definition) is 5. The van der Waals surface area contributed by atoms with E-state index in [0.29, 0.717) is 24.2 Å². The van der Waals surface area contributed by atoms with Crippen molar-refractivity contribution in [1.82, 2.24) is 20.9 Å². The molecule has 0 bridgehead atoms. The molecule has 0 saturated carbocycles. The Morgan fingerprint density at radius 3 is 1.65 bits per heavy atom. The number of allylic oxidation sites excluding steroid dienone is 3. The molecule has 7 aromatic carbocycles. The number of aryl methyl sites for hydroxylation is 3. The van der Waals surface area contributed by atoms with E-state index in [4.69, 9.17) is 9.98 Å². The van der Waals surface area contributed by atoms with Gasteiger partial charge in [-0.25, -0.2) is 9.98 Å². The van der Waals surface area contributed by atoms with E-state index in [1.165, 1.54) is 39.3 Å². The number of nitrogens with one attached hydrogen (secondary N) is 4. The molecule has 2 amide bonds. The molecular formula is C70H82N10O2+2. The van der Waals surface area contributed by atoms with Gasteiger partial charge in [-0.15, -0.1) is 4.57 Å². The summed E-state index contributed by atoms with van der Waals surface area (Å²) in [6, 6.07) is 49.6. The SMILES string of the molecule is CC1=CC(=Nc2cc(C)c(N(C)C)cc2[NH2+]c2ccccc2)CC=C1NCCCCCCNC(=O)c1ccc(-c2ccc(C(=O)NCCCCCCNc3cc4c(cc3C)nc3cc(C)c(N(C)C)cc3[n+]4-c3ccccc3)cc2)cc1. The second-order valence-corrected chi connectivity index (χ2v) is 22.2. The zero-order chi connectivity index (χ0) is 57.5. The van der Waals surface area contributed by atoms with Crippen LogP contribution in [-0.4, -0.2) is 76.9 Å². The van der Waals surface area contributed by atoms with Crippen molar-refractivity contribution < 1.29 is 19.5 Å². The zero-order valence-electron chi connectivity index (χ0n) is 49.3. The van der Waals surface area contributed by atoms with Crippen LogP contribution in [0.5, 0.6) is 0 Å². The third-order valence-corrected chi connectivity index (χ3v) is 15.4. The van der Waals surface area contributed by atoms with Crippen molar-refractivity contribution in [1.29, 1.82) is 0 Å². The number of fused-ring (bicyclic) bond motifs is 2. The standard InChI is InChI=1S/C70H80N10O2/c1-48-41-57(76-61-43-50(3)65(78(5)6)46-62(61)75-56-23-15-13-16-24-56)35-36-59(48)71-37-19-9-11-21-39-73-69(81)54-31-27-52(28-32-54)53-29-33-55(34-30-53)70(82)74-40-22-12-10-20-38-72-60-45-67-63(42-49(60)2)77-64-44-51(4)66(79(7)8)47-68(64)80(67)58-25-17-14-18-26-58/h13-18,23-34,36,41-47,71,75H,9-12,19-22,35,37-40H2,1-8H3,(H2,73,74,81,82)/p+2. The van der Waals surface area contributed by atoms with E-state index in [2.05, 4.69) is 200 Å².